The largest absolute Gasteiger partial charge is 0.490 e. The summed E-state index contributed by atoms with van der Waals surface area (Å²) in [6.45, 7) is 5.21. The smallest absolute Gasteiger partial charge is 0.253 e. The second kappa shape index (κ2) is 10.4. The second-order valence-corrected chi connectivity index (χ2v) is 8.40. The summed E-state index contributed by atoms with van der Waals surface area (Å²) in [6, 6.07) is 10.0. The number of anilines is 1. The van der Waals surface area contributed by atoms with Crippen LogP contribution in [0.3, 0.4) is 0 Å². The molecule has 0 aliphatic heterocycles. The van der Waals surface area contributed by atoms with Crippen LogP contribution in [-0.4, -0.2) is 40.3 Å². The number of benzene rings is 2. The Labute approximate surface area is 176 Å². The van der Waals surface area contributed by atoms with Crippen molar-refractivity contribution < 1.29 is 22.7 Å². The van der Waals surface area contributed by atoms with Crippen LogP contribution >= 0.6 is 11.6 Å². The van der Waals surface area contributed by atoms with Crippen molar-refractivity contribution >= 4 is 33.2 Å². The SMILES string of the molecule is CCOc1ccc(CCNC(=O)c2cc(Cl)ccc2NS(C)(=O)=O)cc1OCC. The molecule has 0 unspecified atom stereocenters. The third-order valence-corrected chi connectivity index (χ3v) is 4.65. The van der Waals surface area contributed by atoms with Crippen LogP contribution in [0.15, 0.2) is 36.4 Å². The molecule has 0 atom stereocenters. The molecule has 2 rings (SSSR count). The average Bonchev–Trinajstić information content (AvgIpc) is 2.64. The summed E-state index contributed by atoms with van der Waals surface area (Å²) in [7, 11) is -3.53. The van der Waals surface area contributed by atoms with Crippen LogP contribution in [0.4, 0.5) is 5.69 Å². The zero-order valence-corrected chi connectivity index (χ0v) is 18.2. The van der Waals surface area contributed by atoms with E-state index in [1.165, 1.54) is 18.2 Å². The number of carbonyl (C=O) groups is 1. The molecule has 2 aromatic rings. The van der Waals surface area contributed by atoms with E-state index in [2.05, 4.69) is 10.0 Å². The highest BCUT2D eigenvalue weighted by atomic mass is 35.5. The molecule has 0 spiro atoms. The van der Waals surface area contributed by atoms with Crippen molar-refractivity contribution in [2.75, 3.05) is 30.7 Å². The lowest BCUT2D eigenvalue weighted by molar-refractivity contribution is 0.0955. The zero-order chi connectivity index (χ0) is 21.4. The van der Waals surface area contributed by atoms with Gasteiger partial charge >= 0.3 is 0 Å². The van der Waals surface area contributed by atoms with Gasteiger partial charge in [-0.15, -0.1) is 0 Å². The summed E-state index contributed by atoms with van der Waals surface area (Å²) in [5.74, 6) is 0.917. The van der Waals surface area contributed by atoms with Gasteiger partial charge in [0.1, 0.15) is 0 Å². The van der Waals surface area contributed by atoms with Crippen LogP contribution in [0, 0.1) is 0 Å². The van der Waals surface area contributed by atoms with E-state index in [1.807, 2.05) is 32.0 Å². The molecular weight excluding hydrogens is 416 g/mol. The van der Waals surface area contributed by atoms with E-state index in [0.717, 1.165) is 11.8 Å². The number of sulfonamides is 1. The predicted molar refractivity (Wildman–Crippen MR) is 115 cm³/mol. The molecule has 0 bridgehead atoms. The average molecular weight is 441 g/mol. The van der Waals surface area contributed by atoms with E-state index in [0.29, 0.717) is 42.7 Å². The Morgan fingerprint density at radius 3 is 2.38 bits per heavy atom. The van der Waals surface area contributed by atoms with Gasteiger partial charge in [0.15, 0.2) is 11.5 Å². The summed E-state index contributed by atoms with van der Waals surface area (Å²) in [4.78, 5) is 12.6. The number of nitrogens with one attached hydrogen (secondary N) is 2. The van der Waals surface area contributed by atoms with E-state index in [4.69, 9.17) is 21.1 Å². The van der Waals surface area contributed by atoms with Gasteiger partial charge in [0, 0.05) is 11.6 Å². The van der Waals surface area contributed by atoms with Crippen LogP contribution in [-0.2, 0) is 16.4 Å². The van der Waals surface area contributed by atoms with Crippen molar-refractivity contribution in [1.29, 1.82) is 0 Å². The minimum Gasteiger partial charge on any atom is -0.490 e. The molecule has 7 nitrogen and oxygen atoms in total. The minimum atomic E-state index is -3.53. The number of amides is 1. The van der Waals surface area contributed by atoms with Gasteiger partial charge in [0.05, 0.1) is 30.7 Å². The predicted octanol–water partition coefficient (Wildman–Crippen LogP) is 3.48. The number of hydrogen-bond acceptors (Lipinski definition) is 5. The van der Waals surface area contributed by atoms with Gasteiger partial charge in [-0.25, -0.2) is 8.42 Å². The van der Waals surface area contributed by atoms with Crippen molar-refractivity contribution in [1.82, 2.24) is 5.32 Å². The van der Waals surface area contributed by atoms with Crippen molar-refractivity contribution in [3.05, 3.63) is 52.5 Å². The third-order valence-electron chi connectivity index (χ3n) is 3.83. The molecule has 0 saturated carbocycles. The maximum absolute atomic E-state index is 12.6. The van der Waals surface area contributed by atoms with Crippen LogP contribution in [0.1, 0.15) is 29.8 Å². The Hall–Kier alpha value is -2.45. The first-order valence-electron chi connectivity index (χ1n) is 9.17. The molecule has 0 radical (unpaired) electrons. The molecule has 0 saturated heterocycles. The number of ether oxygens (including phenoxy) is 2. The highest BCUT2D eigenvalue weighted by Crippen LogP contribution is 2.28. The van der Waals surface area contributed by atoms with Crippen LogP contribution < -0.4 is 19.5 Å². The molecule has 0 aliphatic rings. The lowest BCUT2D eigenvalue weighted by Gasteiger charge is -2.13. The topological polar surface area (TPSA) is 93.7 Å². The molecule has 1 amide bonds. The normalized spacial score (nSPS) is 11.0. The molecule has 158 valence electrons. The molecule has 9 heteroatoms. The van der Waals surface area contributed by atoms with Gasteiger partial charge in [0.2, 0.25) is 10.0 Å². The van der Waals surface area contributed by atoms with Crippen molar-refractivity contribution in [3.63, 3.8) is 0 Å². The molecule has 0 aliphatic carbocycles. The molecular formula is C20H25ClN2O5S. The Bertz CT molecular complexity index is 963. The summed E-state index contributed by atoms with van der Waals surface area (Å²) in [5.41, 5.74) is 1.30. The summed E-state index contributed by atoms with van der Waals surface area (Å²) < 4.78 is 36.5. The fourth-order valence-electron chi connectivity index (χ4n) is 2.66. The van der Waals surface area contributed by atoms with Crippen LogP contribution in [0.25, 0.3) is 0 Å². The van der Waals surface area contributed by atoms with Crippen molar-refractivity contribution in [2.45, 2.75) is 20.3 Å². The summed E-state index contributed by atoms with van der Waals surface area (Å²) in [6.07, 6.45) is 1.58. The number of carbonyl (C=O) groups excluding carboxylic acids is 1. The fraction of sp³-hybridized carbons (Fsp3) is 0.350. The number of hydrogen-bond donors (Lipinski definition) is 2. The van der Waals surface area contributed by atoms with Gasteiger partial charge in [-0.05, 0) is 56.2 Å². The molecule has 2 N–H and O–H groups in total. The third kappa shape index (κ3) is 7.14. The first kappa shape index (κ1) is 22.8. The first-order chi connectivity index (χ1) is 13.7. The fourth-order valence-corrected chi connectivity index (χ4v) is 3.41. The molecule has 29 heavy (non-hydrogen) atoms. The van der Waals surface area contributed by atoms with E-state index in [-0.39, 0.29) is 11.3 Å². The molecule has 2 aromatic carbocycles. The van der Waals surface area contributed by atoms with Gasteiger partial charge in [0.25, 0.3) is 5.91 Å². The quantitative estimate of drug-likeness (QED) is 0.589. The Morgan fingerprint density at radius 2 is 1.72 bits per heavy atom. The van der Waals surface area contributed by atoms with Crippen molar-refractivity contribution in [3.8, 4) is 11.5 Å². The highest BCUT2D eigenvalue weighted by molar-refractivity contribution is 7.92. The van der Waals surface area contributed by atoms with Gasteiger partial charge < -0.3 is 14.8 Å². The highest BCUT2D eigenvalue weighted by Gasteiger charge is 2.15. The standard InChI is InChI=1S/C20H25ClN2O5S/c1-4-27-18-9-6-14(12-19(18)28-5-2)10-11-22-20(24)16-13-15(21)7-8-17(16)23-29(3,25)26/h6-9,12-13,23H,4-5,10-11H2,1-3H3,(H,22,24). The summed E-state index contributed by atoms with van der Waals surface area (Å²) >= 11 is 5.97. The Morgan fingerprint density at radius 1 is 1.03 bits per heavy atom. The maximum Gasteiger partial charge on any atom is 0.253 e. The van der Waals surface area contributed by atoms with E-state index in [9.17, 15) is 13.2 Å². The van der Waals surface area contributed by atoms with Gasteiger partial charge in [-0.1, -0.05) is 17.7 Å². The Kier molecular flexibility index (Phi) is 8.16. The molecule has 0 heterocycles. The minimum absolute atomic E-state index is 0.157. The maximum atomic E-state index is 12.6. The van der Waals surface area contributed by atoms with E-state index in [1.54, 1.807) is 0 Å². The van der Waals surface area contributed by atoms with E-state index >= 15 is 0 Å². The number of halogens is 1. The first-order valence-corrected chi connectivity index (χ1v) is 11.4. The second-order valence-electron chi connectivity index (χ2n) is 6.22. The lowest BCUT2D eigenvalue weighted by Crippen LogP contribution is -2.27. The molecule has 0 aromatic heterocycles. The van der Waals surface area contributed by atoms with Crippen LogP contribution in [0.5, 0.6) is 11.5 Å². The van der Waals surface area contributed by atoms with Gasteiger partial charge in [-0.3, -0.25) is 9.52 Å². The van der Waals surface area contributed by atoms with Gasteiger partial charge in [-0.2, -0.15) is 0 Å². The lowest BCUT2D eigenvalue weighted by atomic mass is 10.1. The Balaban J connectivity index is 2.07. The molecule has 0 fully saturated rings. The number of rotatable bonds is 10. The summed E-state index contributed by atoms with van der Waals surface area (Å²) in [5, 5.41) is 3.12. The van der Waals surface area contributed by atoms with E-state index < -0.39 is 15.9 Å². The monoisotopic (exact) mass is 440 g/mol. The van der Waals surface area contributed by atoms with Crippen LogP contribution in [0.2, 0.25) is 5.02 Å². The zero-order valence-electron chi connectivity index (χ0n) is 16.6. The van der Waals surface area contributed by atoms with Crippen molar-refractivity contribution in [2.24, 2.45) is 0 Å².